The molecule has 6 unspecified atom stereocenters. The van der Waals surface area contributed by atoms with E-state index in [1.165, 1.54) is 18.7 Å². The highest BCUT2D eigenvalue weighted by Gasteiger charge is 2.58. The average molecular weight is 814 g/mol. The molecule has 3 saturated heterocycles. The predicted molar refractivity (Wildman–Crippen MR) is 211 cm³/mol. The van der Waals surface area contributed by atoms with Gasteiger partial charge in [-0.25, -0.2) is 9.59 Å². The number of carbonyl (C=O) groups is 3. The molecule has 3 heterocycles. The number of hydrogen-bond donors (Lipinski definition) is 3. The van der Waals surface area contributed by atoms with E-state index >= 15 is 0 Å². The minimum atomic E-state index is -1.83. The maximum Gasteiger partial charge on any atom is 0.509 e. The van der Waals surface area contributed by atoms with E-state index in [2.05, 4.69) is 0 Å². The first kappa shape index (κ1) is 45.3. The molecule has 15 atom stereocenters. The van der Waals surface area contributed by atoms with Crippen LogP contribution in [0.15, 0.2) is 60.7 Å². The van der Waals surface area contributed by atoms with Crippen molar-refractivity contribution >= 4 is 18.2 Å². The van der Waals surface area contributed by atoms with Crippen LogP contribution in [0.2, 0.25) is 0 Å². The van der Waals surface area contributed by atoms with E-state index in [-0.39, 0.29) is 32.0 Å². The number of esters is 1. The fourth-order valence-corrected chi connectivity index (χ4v) is 9.01. The molecule has 0 aromatic heterocycles. The van der Waals surface area contributed by atoms with E-state index in [9.17, 15) is 29.7 Å². The summed E-state index contributed by atoms with van der Waals surface area (Å²) < 4.78 is 43.5. The zero-order chi connectivity index (χ0) is 42.5. The van der Waals surface area contributed by atoms with Gasteiger partial charge in [0.25, 0.3) is 0 Å². The van der Waals surface area contributed by atoms with Gasteiger partial charge in [-0.3, -0.25) is 4.79 Å². The first-order valence-corrected chi connectivity index (χ1v) is 20.5. The first-order chi connectivity index (χ1) is 27.4. The Kier molecular flexibility index (Phi) is 14.9. The van der Waals surface area contributed by atoms with Crippen LogP contribution in [-0.4, -0.2) is 112 Å². The highest BCUT2D eigenvalue weighted by atomic mass is 16.8. The van der Waals surface area contributed by atoms with E-state index in [1.807, 2.05) is 88.4 Å². The normalized spacial score (nSPS) is 35.7. The standard InChI is InChI=1S/C44H63NO13/c1-10-33(46)44(8,51)38-29(6)35-25(2)22-43(7,58-35)37(27(4)34(47)28(5)39(48)56-38)57-40-36(55-42(50)53-24-31-19-15-12-16-20-31)32(21-26(3)54-40)45(9)41(49)52-23-30-17-13-11-14-18-30/h11-20,25-29,32-38,40,46-47,51H,10,21-24H2,1-9H3/t25?,26?,27-,28+,29-,32?,33+,34-,35?,36?,37+,38+,40-,43?,44+/m0/s1. The smallest absolute Gasteiger partial charge is 0.459 e. The molecule has 3 aliphatic rings. The Morgan fingerprint density at radius 2 is 1.55 bits per heavy atom. The monoisotopic (exact) mass is 813 g/mol. The predicted octanol–water partition coefficient (Wildman–Crippen LogP) is 5.77. The van der Waals surface area contributed by atoms with Crippen LogP contribution >= 0.6 is 0 Å². The van der Waals surface area contributed by atoms with E-state index < -0.39 is 102 Å². The van der Waals surface area contributed by atoms with Crippen molar-refractivity contribution in [1.29, 1.82) is 0 Å². The second kappa shape index (κ2) is 19.1. The molecule has 0 saturated carbocycles. The second-order valence-electron chi connectivity index (χ2n) is 17.0. The number of aliphatic hydroxyl groups is 3. The summed E-state index contributed by atoms with van der Waals surface area (Å²) in [7, 11) is 1.56. The van der Waals surface area contributed by atoms with Crippen LogP contribution in [0.25, 0.3) is 0 Å². The Morgan fingerprint density at radius 3 is 2.14 bits per heavy atom. The van der Waals surface area contributed by atoms with Crippen molar-refractivity contribution in [3.05, 3.63) is 71.8 Å². The summed E-state index contributed by atoms with van der Waals surface area (Å²) in [6.07, 6.45) is -9.13. The van der Waals surface area contributed by atoms with Crippen molar-refractivity contribution in [1.82, 2.24) is 4.90 Å². The summed E-state index contributed by atoms with van der Waals surface area (Å²) in [6.45, 7) is 13.9. The van der Waals surface area contributed by atoms with Gasteiger partial charge in [0.1, 0.15) is 24.9 Å². The van der Waals surface area contributed by atoms with Gasteiger partial charge in [-0.2, -0.15) is 0 Å². The number of cyclic esters (lactones) is 1. The molecule has 2 bridgehead atoms. The van der Waals surface area contributed by atoms with Gasteiger partial charge < -0.3 is 53.4 Å². The van der Waals surface area contributed by atoms with Gasteiger partial charge in [-0.1, -0.05) is 88.4 Å². The van der Waals surface area contributed by atoms with Crippen LogP contribution in [0.3, 0.4) is 0 Å². The van der Waals surface area contributed by atoms with E-state index in [0.717, 1.165) is 11.1 Å². The summed E-state index contributed by atoms with van der Waals surface area (Å²) >= 11 is 0. The summed E-state index contributed by atoms with van der Waals surface area (Å²) in [4.78, 5) is 42.2. The van der Waals surface area contributed by atoms with Gasteiger partial charge >= 0.3 is 18.2 Å². The third-order valence-corrected chi connectivity index (χ3v) is 12.4. The van der Waals surface area contributed by atoms with Crippen molar-refractivity contribution < 1.29 is 62.9 Å². The Labute approximate surface area is 342 Å². The number of benzene rings is 2. The summed E-state index contributed by atoms with van der Waals surface area (Å²) in [5, 5.41) is 34.4. The molecule has 322 valence electrons. The lowest BCUT2D eigenvalue weighted by Crippen LogP contribution is -2.61. The van der Waals surface area contributed by atoms with Crippen molar-refractivity contribution in [2.75, 3.05) is 7.05 Å². The number of amides is 1. The highest BCUT2D eigenvalue weighted by molar-refractivity contribution is 5.73. The fraction of sp³-hybridized carbons (Fsp3) is 0.659. The second-order valence-corrected chi connectivity index (χ2v) is 17.0. The number of ether oxygens (including phenoxy) is 7. The number of carbonyl (C=O) groups excluding carboxylic acids is 3. The van der Waals surface area contributed by atoms with Crippen LogP contribution in [0.1, 0.15) is 85.8 Å². The molecule has 14 nitrogen and oxygen atoms in total. The van der Waals surface area contributed by atoms with Crippen molar-refractivity contribution in [3.8, 4) is 0 Å². The Morgan fingerprint density at radius 1 is 0.966 bits per heavy atom. The Balaban J connectivity index is 1.49. The molecular formula is C44H63NO13. The maximum atomic E-state index is 13.8. The lowest BCUT2D eigenvalue weighted by atomic mass is 9.76. The largest absolute Gasteiger partial charge is 0.509 e. The summed E-state index contributed by atoms with van der Waals surface area (Å²) in [5.41, 5.74) is -1.42. The Bertz CT molecular complexity index is 1660. The number of hydrogen-bond acceptors (Lipinski definition) is 13. The fourth-order valence-electron chi connectivity index (χ4n) is 9.01. The van der Waals surface area contributed by atoms with Crippen LogP contribution in [0.4, 0.5) is 9.59 Å². The van der Waals surface area contributed by atoms with E-state index in [1.54, 1.807) is 20.9 Å². The number of nitrogens with zero attached hydrogens (tertiary/aromatic N) is 1. The zero-order valence-corrected chi connectivity index (χ0v) is 35.2. The third-order valence-electron chi connectivity index (χ3n) is 12.4. The molecule has 3 fully saturated rings. The molecule has 2 aromatic rings. The van der Waals surface area contributed by atoms with Crippen LogP contribution in [0, 0.1) is 23.7 Å². The van der Waals surface area contributed by atoms with Gasteiger partial charge in [-0.15, -0.1) is 0 Å². The van der Waals surface area contributed by atoms with Gasteiger partial charge in [0.05, 0.1) is 48.1 Å². The minimum Gasteiger partial charge on any atom is -0.459 e. The van der Waals surface area contributed by atoms with Crippen molar-refractivity contribution in [2.45, 2.75) is 154 Å². The molecule has 1 amide bonds. The molecule has 0 aliphatic carbocycles. The van der Waals surface area contributed by atoms with Crippen LogP contribution < -0.4 is 0 Å². The van der Waals surface area contributed by atoms with Gasteiger partial charge in [0.2, 0.25) is 0 Å². The molecule has 5 rings (SSSR count). The average Bonchev–Trinajstić information content (AvgIpc) is 3.53. The molecule has 58 heavy (non-hydrogen) atoms. The SMILES string of the molecule is CC[C@@H](O)[C@@](C)(O)[C@@H]1OC(=O)[C@H](C)[C@@H](O)[C@H](C)[C@@H](O[C@@H]2OC(C)CC(N(C)C(=O)OCc3ccccc3)C2OC(=O)OCc2ccccc2)C2(C)CC(C)C(O2)[C@@H]1C. The summed E-state index contributed by atoms with van der Waals surface area (Å²) in [5.74, 6) is -3.41. The highest BCUT2D eigenvalue weighted by Crippen LogP contribution is 2.48. The van der Waals surface area contributed by atoms with Gasteiger partial charge in [0, 0.05) is 18.9 Å². The minimum absolute atomic E-state index is 0.0205. The van der Waals surface area contributed by atoms with Gasteiger partial charge in [-0.05, 0) is 64.0 Å². The molecular weight excluding hydrogens is 750 g/mol. The Hall–Kier alpha value is -3.79. The molecule has 0 radical (unpaired) electrons. The topological polar surface area (TPSA) is 180 Å². The number of fused-ring (bicyclic) bond motifs is 2. The molecule has 14 heteroatoms. The van der Waals surface area contributed by atoms with Crippen LogP contribution in [0.5, 0.6) is 0 Å². The van der Waals surface area contributed by atoms with Gasteiger partial charge in [0.15, 0.2) is 12.4 Å². The number of rotatable bonds is 11. The van der Waals surface area contributed by atoms with Crippen LogP contribution in [-0.2, 0) is 51.2 Å². The van der Waals surface area contributed by atoms with E-state index in [4.69, 9.17) is 33.2 Å². The zero-order valence-electron chi connectivity index (χ0n) is 35.2. The lowest BCUT2D eigenvalue weighted by Gasteiger charge is -2.47. The first-order valence-electron chi connectivity index (χ1n) is 20.5. The molecule has 0 spiro atoms. The van der Waals surface area contributed by atoms with Crippen molar-refractivity contribution in [3.63, 3.8) is 0 Å². The number of aliphatic hydroxyl groups excluding tert-OH is 2. The lowest BCUT2D eigenvalue weighted by molar-refractivity contribution is -0.301. The molecule has 3 aliphatic heterocycles. The van der Waals surface area contributed by atoms with Crippen molar-refractivity contribution in [2.24, 2.45) is 23.7 Å². The molecule has 2 aromatic carbocycles. The number of likely N-dealkylation sites (N-methyl/N-ethyl adjacent to an activating group) is 1. The molecule has 3 N–H and O–H groups in total. The quantitative estimate of drug-likeness (QED) is 0.184. The third kappa shape index (κ3) is 10.1. The van der Waals surface area contributed by atoms with E-state index in [0.29, 0.717) is 6.42 Å². The maximum absolute atomic E-state index is 13.8. The summed E-state index contributed by atoms with van der Waals surface area (Å²) in [6, 6.07) is 17.5.